The van der Waals surface area contributed by atoms with Crippen LogP contribution in [0.2, 0.25) is 0 Å². The van der Waals surface area contributed by atoms with E-state index in [1.165, 1.54) is 0 Å². The number of aromatic nitrogens is 2. The number of carbonyl (C=O) groups is 2. The summed E-state index contributed by atoms with van der Waals surface area (Å²) in [5, 5.41) is 4.32. The van der Waals surface area contributed by atoms with Crippen molar-refractivity contribution in [3.05, 3.63) is 17.5 Å². The fourth-order valence-corrected chi connectivity index (χ4v) is 3.25. The number of rotatable bonds is 3. The van der Waals surface area contributed by atoms with Gasteiger partial charge in [-0.15, -0.1) is 0 Å². The Kier molecular flexibility index (Phi) is 4.35. The van der Waals surface area contributed by atoms with Crippen molar-refractivity contribution < 1.29 is 9.59 Å². The van der Waals surface area contributed by atoms with Gasteiger partial charge >= 0.3 is 0 Å². The van der Waals surface area contributed by atoms with E-state index < -0.39 is 5.92 Å². The molecule has 0 N–H and O–H groups in total. The molecule has 2 atom stereocenters. The van der Waals surface area contributed by atoms with Crippen LogP contribution in [0.5, 0.6) is 0 Å². The van der Waals surface area contributed by atoms with E-state index in [0.29, 0.717) is 30.7 Å². The average Bonchev–Trinajstić information content (AvgIpc) is 2.78. The number of ketones is 2. The number of hydrogen-bond acceptors (Lipinski definition) is 3. The molecule has 1 saturated carbocycles. The lowest BCUT2D eigenvalue weighted by molar-refractivity contribution is -0.124. The molecule has 2 unspecified atom stereocenters. The molecule has 1 aromatic rings. The molecule has 0 amide bonds. The Labute approximate surface area is 126 Å². The van der Waals surface area contributed by atoms with Gasteiger partial charge in [0.1, 0.15) is 5.78 Å². The maximum atomic E-state index is 12.8. The van der Waals surface area contributed by atoms with Crippen LogP contribution in [0.3, 0.4) is 0 Å². The molecule has 4 heteroatoms. The van der Waals surface area contributed by atoms with Gasteiger partial charge in [-0.2, -0.15) is 5.10 Å². The SMILES string of the molecule is CCc1nn(C)cc1C(=O)C1CC(C(C)(C)C)CCC1=O. The van der Waals surface area contributed by atoms with Crippen LogP contribution in [-0.4, -0.2) is 21.3 Å². The summed E-state index contributed by atoms with van der Waals surface area (Å²) in [5.74, 6) is 0.0219. The average molecular weight is 290 g/mol. The van der Waals surface area contributed by atoms with Gasteiger partial charge in [0, 0.05) is 19.7 Å². The van der Waals surface area contributed by atoms with Crippen molar-refractivity contribution >= 4 is 11.6 Å². The van der Waals surface area contributed by atoms with Crippen LogP contribution in [0.25, 0.3) is 0 Å². The quantitative estimate of drug-likeness (QED) is 0.634. The zero-order valence-corrected chi connectivity index (χ0v) is 13.8. The van der Waals surface area contributed by atoms with Gasteiger partial charge in [-0.25, -0.2) is 0 Å². The highest BCUT2D eigenvalue weighted by molar-refractivity contribution is 6.11. The summed E-state index contributed by atoms with van der Waals surface area (Å²) in [4.78, 5) is 25.0. The number of nitrogens with zero attached hydrogens (tertiary/aromatic N) is 2. The van der Waals surface area contributed by atoms with Crippen molar-refractivity contribution in [1.82, 2.24) is 9.78 Å². The molecule has 1 fully saturated rings. The second-order valence-electron chi connectivity index (χ2n) is 7.24. The maximum Gasteiger partial charge on any atom is 0.176 e. The van der Waals surface area contributed by atoms with Gasteiger partial charge in [-0.1, -0.05) is 27.7 Å². The normalized spacial score (nSPS) is 23.4. The van der Waals surface area contributed by atoms with Crippen LogP contribution in [0.15, 0.2) is 6.20 Å². The van der Waals surface area contributed by atoms with Gasteiger partial charge in [-0.05, 0) is 30.6 Å². The third kappa shape index (κ3) is 3.25. The summed E-state index contributed by atoms with van der Waals surface area (Å²) >= 11 is 0. The van der Waals surface area contributed by atoms with Crippen molar-refractivity contribution in [2.75, 3.05) is 0 Å². The Bertz CT molecular complexity index is 552. The molecule has 1 heterocycles. The lowest BCUT2D eigenvalue weighted by atomic mass is 9.67. The van der Waals surface area contributed by atoms with Gasteiger partial charge in [-0.3, -0.25) is 14.3 Å². The minimum atomic E-state index is -0.475. The second-order valence-corrected chi connectivity index (χ2v) is 7.24. The maximum absolute atomic E-state index is 12.8. The van der Waals surface area contributed by atoms with E-state index >= 15 is 0 Å². The van der Waals surface area contributed by atoms with Gasteiger partial charge in [0.2, 0.25) is 0 Å². The largest absolute Gasteiger partial charge is 0.299 e. The molecule has 4 nitrogen and oxygen atoms in total. The van der Waals surface area contributed by atoms with Crippen molar-refractivity contribution in [2.45, 2.75) is 53.4 Å². The van der Waals surface area contributed by atoms with Gasteiger partial charge in [0.15, 0.2) is 5.78 Å². The Morgan fingerprint density at radius 2 is 2.10 bits per heavy atom. The summed E-state index contributed by atoms with van der Waals surface area (Å²) in [6, 6.07) is 0. The lowest BCUT2D eigenvalue weighted by Gasteiger charge is -2.36. The Morgan fingerprint density at radius 3 is 2.67 bits per heavy atom. The van der Waals surface area contributed by atoms with Crippen LogP contribution in [0.4, 0.5) is 0 Å². The van der Waals surface area contributed by atoms with Gasteiger partial charge in [0.05, 0.1) is 17.2 Å². The van der Waals surface area contributed by atoms with Crippen LogP contribution < -0.4 is 0 Å². The first-order valence-corrected chi connectivity index (χ1v) is 7.83. The highest BCUT2D eigenvalue weighted by Crippen LogP contribution is 2.40. The van der Waals surface area contributed by atoms with Gasteiger partial charge < -0.3 is 0 Å². The highest BCUT2D eigenvalue weighted by atomic mass is 16.2. The van der Waals surface area contributed by atoms with Crippen LogP contribution in [0, 0.1) is 17.3 Å². The van der Waals surface area contributed by atoms with Crippen molar-refractivity contribution in [3.8, 4) is 0 Å². The minimum absolute atomic E-state index is 0.0288. The van der Waals surface area contributed by atoms with E-state index in [2.05, 4.69) is 25.9 Å². The van der Waals surface area contributed by atoms with Crippen LogP contribution >= 0.6 is 0 Å². The fraction of sp³-hybridized carbons (Fsp3) is 0.706. The first kappa shape index (κ1) is 15.9. The van der Waals surface area contributed by atoms with Crippen molar-refractivity contribution in [3.63, 3.8) is 0 Å². The number of carbonyl (C=O) groups excluding carboxylic acids is 2. The molecule has 0 saturated heterocycles. The zero-order chi connectivity index (χ0) is 15.8. The van der Waals surface area contributed by atoms with Crippen LogP contribution in [-0.2, 0) is 18.3 Å². The molecular weight excluding hydrogens is 264 g/mol. The van der Waals surface area contributed by atoms with E-state index in [0.717, 1.165) is 12.1 Å². The molecule has 0 aliphatic heterocycles. The molecule has 1 aliphatic carbocycles. The minimum Gasteiger partial charge on any atom is -0.299 e. The monoisotopic (exact) mass is 290 g/mol. The Morgan fingerprint density at radius 1 is 1.43 bits per heavy atom. The molecule has 116 valence electrons. The standard InChI is InChI=1S/C17H26N2O2/c1-6-14-13(10-19(5)18-14)16(21)12-9-11(17(2,3)4)7-8-15(12)20/h10-12H,6-9H2,1-5H3. The Hall–Kier alpha value is -1.45. The van der Waals surface area contributed by atoms with E-state index in [4.69, 9.17) is 0 Å². The second kappa shape index (κ2) is 5.74. The number of Topliss-reactive ketones (excluding diaryl/α,β-unsaturated/α-hetero) is 2. The molecule has 0 bridgehead atoms. The summed E-state index contributed by atoms with van der Waals surface area (Å²) < 4.78 is 1.67. The van der Waals surface area contributed by atoms with Crippen molar-refractivity contribution in [2.24, 2.45) is 24.3 Å². The number of aryl methyl sites for hydroxylation is 2. The molecule has 1 aromatic heterocycles. The Balaban J connectivity index is 2.26. The molecule has 0 spiro atoms. The third-order valence-electron chi connectivity index (χ3n) is 4.69. The highest BCUT2D eigenvalue weighted by Gasteiger charge is 2.39. The first-order chi connectivity index (χ1) is 9.74. The van der Waals surface area contributed by atoms with E-state index in [1.54, 1.807) is 10.9 Å². The van der Waals surface area contributed by atoms with Crippen molar-refractivity contribution in [1.29, 1.82) is 0 Å². The predicted molar refractivity (Wildman–Crippen MR) is 82.2 cm³/mol. The topological polar surface area (TPSA) is 52.0 Å². The zero-order valence-electron chi connectivity index (χ0n) is 13.8. The predicted octanol–water partition coefficient (Wildman–Crippen LogP) is 3.20. The first-order valence-electron chi connectivity index (χ1n) is 7.83. The van der Waals surface area contributed by atoms with E-state index in [9.17, 15) is 9.59 Å². The summed E-state index contributed by atoms with van der Waals surface area (Å²) in [5.41, 5.74) is 1.57. The molecule has 0 aromatic carbocycles. The molecule has 0 radical (unpaired) electrons. The number of hydrogen-bond donors (Lipinski definition) is 0. The van der Waals surface area contributed by atoms with E-state index in [-0.39, 0.29) is 17.0 Å². The van der Waals surface area contributed by atoms with Crippen LogP contribution in [0.1, 0.15) is 63.0 Å². The summed E-state index contributed by atoms with van der Waals surface area (Å²) in [7, 11) is 1.82. The lowest BCUT2D eigenvalue weighted by Crippen LogP contribution is -2.36. The summed E-state index contributed by atoms with van der Waals surface area (Å²) in [6.07, 6.45) is 4.58. The van der Waals surface area contributed by atoms with E-state index in [1.807, 2.05) is 14.0 Å². The molecular formula is C17H26N2O2. The molecule has 2 rings (SSSR count). The molecule has 21 heavy (non-hydrogen) atoms. The molecule has 1 aliphatic rings. The third-order valence-corrected chi connectivity index (χ3v) is 4.69. The smallest absolute Gasteiger partial charge is 0.176 e. The van der Waals surface area contributed by atoms with Gasteiger partial charge in [0.25, 0.3) is 0 Å². The fourth-order valence-electron chi connectivity index (χ4n) is 3.25. The summed E-state index contributed by atoms with van der Waals surface area (Å²) in [6.45, 7) is 8.56.